The number of halogens is 3. The quantitative estimate of drug-likeness (QED) is 0.867. The van der Waals surface area contributed by atoms with Gasteiger partial charge in [0.05, 0.1) is 6.20 Å². The molecular weight excluding hydrogens is 349 g/mol. The maximum atomic E-state index is 12.8. The van der Waals surface area contributed by atoms with Crippen LogP contribution in [0.5, 0.6) is 0 Å². The second-order valence-electron chi connectivity index (χ2n) is 6.66. The number of nitrogens with one attached hydrogen (secondary N) is 2. The number of hydrogen-bond acceptors (Lipinski definition) is 3. The number of H-pyrrole nitrogens is 1. The Kier molecular flexibility index (Phi) is 4.92. The van der Waals surface area contributed by atoms with E-state index in [0.717, 1.165) is 17.5 Å². The Hall–Kier alpha value is -2.52. The molecule has 0 aliphatic carbocycles. The Bertz CT molecular complexity index is 781. The van der Waals surface area contributed by atoms with Crippen LogP contribution in [0.4, 0.5) is 18.0 Å². The molecule has 0 saturated carbocycles. The largest absolute Gasteiger partial charge is 0.434 e. The fourth-order valence-corrected chi connectivity index (χ4v) is 3.13. The molecule has 2 amide bonds. The Morgan fingerprint density at radius 1 is 1.50 bits per heavy atom. The minimum absolute atomic E-state index is 0.0872. The molecule has 0 fully saturated rings. The maximum absolute atomic E-state index is 12.8. The van der Waals surface area contributed by atoms with Gasteiger partial charge in [-0.3, -0.25) is 5.10 Å². The first-order chi connectivity index (χ1) is 12.2. The van der Waals surface area contributed by atoms with Gasteiger partial charge in [0.1, 0.15) is 5.82 Å². The highest BCUT2D eigenvalue weighted by Crippen LogP contribution is 2.30. The molecule has 0 unspecified atom stereocenters. The van der Waals surface area contributed by atoms with Crippen LogP contribution in [0.2, 0.25) is 0 Å². The van der Waals surface area contributed by atoms with E-state index in [9.17, 15) is 18.0 Å². The lowest BCUT2D eigenvalue weighted by Crippen LogP contribution is -2.41. The van der Waals surface area contributed by atoms with E-state index in [2.05, 4.69) is 20.5 Å². The van der Waals surface area contributed by atoms with Gasteiger partial charge in [0.15, 0.2) is 5.69 Å². The number of fused-ring (bicyclic) bond motifs is 1. The Balaban J connectivity index is 1.53. The zero-order valence-corrected chi connectivity index (χ0v) is 14.6. The molecule has 26 heavy (non-hydrogen) atoms. The Labute approximate surface area is 148 Å². The van der Waals surface area contributed by atoms with E-state index < -0.39 is 11.9 Å². The van der Waals surface area contributed by atoms with Crippen LogP contribution in [0.1, 0.15) is 29.2 Å². The van der Waals surface area contributed by atoms with Gasteiger partial charge >= 0.3 is 12.2 Å². The van der Waals surface area contributed by atoms with E-state index >= 15 is 0 Å². The highest BCUT2D eigenvalue weighted by atomic mass is 19.4. The molecule has 10 heteroatoms. The first-order valence-corrected chi connectivity index (χ1v) is 8.35. The first kappa shape index (κ1) is 18.3. The van der Waals surface area contributed by atoms with Crippen molar-refractivity contribution in [2.45, 2.75) is 39.0 Å². The summed E-state index contributed by atoms with van der Waals surface area (Å²) < 4.78 is 39.9. The van der Waals surface area contributed by atoms with Gasteiger partial charge in [-0.25, -0.2) is 9.78 Å². The standard InChI is InChI=1S/C16H21F3N6O/c1-10-12(6-21-23-10)5-20-15(26)24(2)7-11-3-4-14-22-13(16(17,18)19)9-25(14)8-11/h6,9,11H,3-5,7-8H2,1-2H3,(H,20,26)(H,21,23)/t11-/m0/s1. The highest BCUT2D eigenvalue weighted by molar-refractivity contribution is 5.73. The minimum Gasteiger partial charge on any atom is -0.334 e. The molecule has 0 spiro atoms. The molecule has 1 aliphatic rings. The summed E-state index contributed by atoms with van der Waals surface area (Å²) in [5.74, 6) is 0.542. The molecule has 3 heterocycles. The number of carbonyl (C=O) groups excluding carboxylic acids is 1. The summed E-state index contributed by atoms with van der Waals surface area (Å²) in [6.45, 7) is 3.14. The van der Waals surface area contributed by atoms with Gasteiger partial charge in [0.25, 0.3) is 0 Å². The molecule has 0 radical (unpaired) electrons. The van der Waals surface area contributed by atoms with Crippen molar-refractivity contribution in [1.82, 2.24) is 30.0 Å². The zero-order chi connectivity index (χ0) is 18.9. The van der Waals surface area contributed by atoms with Gasteiger partial charge < -0.3 is 14.8 Å². The fourth-order valence-electron chi connectivity index (χ4n) is 3.13. The van der Waals surface area contributed by atoms with E-state index in [1.165, 1.54) is 0 Å². The summed E-state index contributed by atoms with van der Waals surface area (Å²) in [6.07, 6.45) is -0.530. The van der Waals surface area contributed by atoms with Gasteiger partial charge in [-0.2, -0.15) is 18.3 Å². The predicted octanol–water partition coefficient (Wildman–Crippen LogP) is 2.34. The van der Waals surface area contributed by atoms with Gasteiger partial charge in [-0.15, -0.1) is 0 Å². The molecule has 0 saturated heterocycles. The van der Waals surface area contributed by atoms with Crippen LogP contribution in [-0.2, 0) is 25.7 Å². The lowest BCUT2D eigenvalue weighted by atomic mass is 9.99. The summed E-state index contributed by atoms with van der Waals surface area (Å²) in [5.41, 5.74) is 0.954. The van der Waals surface area contributed by atoms with Crippen molar-refractivity contribution in [3.63, 3.8) is 0 Å². The van der Waals surface area contributed by atoms with E-state index in [1.807, 2.05) is 6.92 Å². The van der Waals surface area contributed by atoms with Crippen LogP contribution < -0.4 is 5.32 Å². The number of nitrogens with zero attached hydrogens (tertiary/aromatic N) is 4. The topological polar surface area (TPSA) is 78.8 Å². The van der Waals surface area contributed by atoms with Gasteiger partial charge in [0.2, 0.25) is 0 Å². The molecule has 3 rings (SSSR count). The number of alkyl halides is 3. The molecule has 1 aliphatic heterocycles. The second kappa shape index (κ2) is 7.00. The molecule has 2 aromatic heterocycles. The third-order valence-electron chi connectivity index (χ3n) is 4.62. The van der Waals surface area contributed by atoms with E-state index in [4.69, 9.17) is 0 Å². The number of aromatic nitrogens is 4. The van der Waals surface area contributed by atoms with Crippen molar-refractivity contribution < 1.29 is 18.0 Å². The first-order valence-electron chi connectivity index (χ1n) is 8.35. The number of urea groups is 1. The summed E-state index contributed by atoms with van der Waals surface area (Å²) in [7, 11) is 1.68. The molecule has 2 aromatic rings. The normalized spacial score (nSPS) is 17.0. The van der Waals surface area contributed by atoms with E-state index in [-0.39, 0.29) is 11.9 Å². The van der Waals surface area contributed by atoms with Crippen LogP contribution in [0, 0.1) is 12.8 Å². The molecule has 7 nitrogen and oxygen atoms in total. The predicted molar refractivity (Wildman–Crippen MR) is 87.2 cm³/mol. The summed E-state index contributed by atoms with van der Waals surface area (Å²) in [5, 5.41) is 9.52. The van der Waals surface area contributed by atoms with Crippen molar-refractivity contribution in [2.75, 3.05) is 13.6 Å². The van der Waals surface area contributed by atoms with Gasteiger partial charge in [-0.05, 0) is 19.3 Å². The third kappa shape index (κ3) is 4.00. The maximum Gasteiger partial charge on any atom is 0.434 e. The Morgan fingerprint density at radius 3 is 2.92 bits per heavy atom. The monoisotopic (exact) mass is 370 g/mol. The highest BCUT2D eigenvalue weighted by Gasteiger charge is 2.36. The lowest BCUT2D eigenvalue weighted by Gasteiger charge is -2.28. The summed E-state index contributed by atoms with van der Waals surface area (Å²) >= 11 is 0. The van der Waals surface area contributed by atoms with Crippen LogP contribution in [-0.4, -0.2) is 44.3 Å². The summed E-state index contributed by atoms with van der Waals surface area (Å²) in [6, 6.07) is -0.224. The van der Waals surface area contributed by atoms with E-state index in [0.29, 0.717) is 38.3 Å². The number of imidazole rings is 1. The lowest BCUT2D eigenvalue weighted by molar-refractivity contribution is -0.141. The number of amides is 2. The van der Waals surface area contributed by atoms with Crippen molar-refractivity contribution in [3.8, 4) is 0 Å². The van der Waals surface area contributed by atoms with Crippen molar-refractivity contribution in [1.29, 1.82) is 0 Å². The molecule has 1 atom stereocenters. The molecule has 0 bridgehead atoms. The van der Waals surface area contributed by atoms with E-state index in [1.54, 1.807) is 22.7 Å². The molecule has 0 aromatic carbocycles. The minimum atomic E-state index is -4.43. The Morgan fingerprint density at radius 2 is 2.27 bits per heavy atom. The number of hydrogen-bond donors (Lipinski definition) is 2. The van der Waals surface area contributed by atoms with Gasteiger partial charge in [-0.1, -0.05) is 0 Å². The third-order valence-corrected chi connectivity index (χ3v) is 4.62. The van der Waals surface area contributed by atoms with Crippen LogP contribution in [0.3, 0.4) is 0 Å². The van der Waals surface area contributed by atoms with Crippen molar-refractivity contribution in [3.05, 3.63) is 35.2 Å². The second-order valence-corrected chi connectivity index (χ2v) is 6.66. The molecule has 142 valence electrons. The van der Waals surface area contributed by atoms with Gasteiger partial charge in [0, 0.05) is 50.6 Å². The summed E-state index contributed by atoms with van der Waals surface area (Å²) in [4.78, 5) is 17.5. The smallest absolute Gasteiger partial charge is 0.334 e. The number of rotatable bonds is 4. The van der Waals surface area contributed by atoms with Crippen LogP contribution in [0.25, 0.3) is 0 Å². The SMILES string of the molecule is Cc1[nH]ncc1CNC(=O)N(C)C[C@@H]1CCc2nc(C(F)(F)F)cn2C1. The number of carbonyl (C=O) groups is 1. The molecule has 2 N–H and O–H groups in total. The zero-order valence-electron chi connectivity index (χ0n) is 14.6. The van der Waals surface area contributed by atoms with Crippen molar-refractivity contribution in [2.24, 2.45) is 5.92 Å². The van der Waals surface area contributed by atoms with Crippen LogP contribution >= 0.6 is 0 Å². The average Bonchev–Trinajstić information content (AvgIpc) is 3.17. The number of aromatic amines is 1. The molecular formula is C16H21F3N6O. The van der Waals surface area contributed by atoms with Crippen LogP contribution in [0.15, 0.2) is 12.4 Å². The fraction of sp³-hybridized carbons (Fsp3) is 0.562. The average molecular weight is 370 g/mol. The van der Waals surface area contributed by atoms with Crippen molar-refractivity contribution >= 4 is 6.03 Å². The number of aryl methyl sites for hydroxylation is 2.